The highest BCUT2D eigenvalue weighted by molar-refractivity contribution is 5.14. The van der Waals surface area contributed by atoms with Crippen LogP contribution in [0.25, 0.3) is 0 Å². The molecule has 0 fully saturated rings. The van der Waals surface area contributed by atoms with Gasteiger partial charge in [-0.2, -0.15) is 0 Å². The van der Waals surface area contributed by atoms with Crippen LogP contribution in [0.4, 0.5) is 0 Å². The number of hydrogen-bond acceptors (Lipinski definition) is 2. The maximum Gasteiger partial charge on any atom is 0.0465 e. The van der Waals surface area contributed by atoms with E-state index in [1.165, 1.54) is 12.0 Å². The van der Waals surface area contributed by atoms with Gasteiger partial charge in [-0.05, 0) is 31.1 Å². The largest absolute Gasteiger partial charge is 0.385 e. The van der Waals surface area contributed by atoms with Crippen LogP contribution in [0.1, 0.15) is 39.5 Å². The van der Waals surface area contributed by atoms with Crippen molar-refractivity contribution < 1.29 is 4.74 Å². The van der Waals surface area contributed by atoms with Gasteiger partial charge in [0, 0.05) is 19.8 Å². The molecule has 2 heteroatoms. The van der Waals surface area contributed by atoms with Crippen molar-refractivity contribution in [1.29, 1.82) is 0 Å². The van der Waals surface area contributed by atoms with E-state index in [1.807, 2.05) is 0 Å². The minimum absolute atomic E-state index is 0.260. The van der Waals surface area contributed by atoms with E-state index in [4.69, 9.17) is 10.5 Å². The third-order valence-electron chi connectivity index (χ3n) is 2.79. The first kappa shape index (κ1) is 11.7. The summed E-state index contributed by atoms with van der Waals surface area (Å²) in [5.41, 5.74) is 7.90. The van der Waals surface area contributed by atoms with Crippen molar-refractivity contribution >= 4 is 0 Å². The van der Waals surface area contributed by atoms with Gasteiger partial charge in [0.15, 0.2) is 0 Å². The van der Waals surface area contributed by atoms with E-state index in [9.17, 15) is 0 Å². The number of methoxy groups -OCH3 is 1. The molecule has 1 rings (SSSR count). The number of hydrogen-bond donors (Lipinski definition) is 1. The molecule has 14 heavy (non-hydrogen) atoms. The topological polar surface area (TPSA) is 35.2 Å². The van der Waals surface area contributed by atoms with Crippen molar-refractivity contribution in [3.05, 3.63) is 11.6 Å². The minimum Gasteiger partial charge on any atom is -0.385 e. The van der Waals surface area contributed by atoms with Crippen molar-refractivity contribution in [2.24, 2.45) is 11.1 Å². The smallest absolute Gasteiger partial charge is 0.0465 e. The van der Waals surface area contributed by atoms with Gasteiger partial charge in [-0.15, -0.1) is 0 Å². The molecule has 1 aliphatic rings. The van der Waals surface area contributed by atoms with E-state index in [0.29, 0.717) is 5.41 Å². The molecule has 0 aromatic heterocycles. The Hall–Kier alpha value is -0.340. The summed E-state index contributed by atoms with van der Waals surface area (Å²) >= 11 is 0. The fourth-order valence-electron chi connectivity index (χ4n) is 2.36. The molecule has 0 aliphatic heterocycles. The second-order valence-electron chi connectivity index (χ2n) is 5.13. The molecule has 0 spiro atoms. The Morgan fingerprint density at radius 1 is 1.57 bits per heavy atom. The van der Waals surface area contributed by atoms with Gasteiger partial charge in [-0.3, -0.25) is 0 Å². The van der Waals surface area contributed by atoms with Crippen molar-refractivity contribution in [2.75, 3.05) is 13.7 Å². The standard InChI is InChI=1S/C12H23NO/c1-12(2)8-10(5-4-6-14-3)7-11(13)9-12/h7,11H,4-6,8-9,13H2,1-3H3. The Labute approximate surface area is 87.5 Å². The zero-order valence-electron chi connectivity index (χ0n) is 9.68. The van der Waals surface area contributed by atoms with E-state index in [0.717, 1.165) is 25.9 Å². The van der Waals surface area contributed by atoms with Gasteiger partial charge in [-0.1, -0.05) is 25.5 Å². The van der Waals surface area contributed by atoms with Gasteiger partial charge < -0.3 is 10.5 Å². The Bertz CT molecular complexity index is 208. The van der Waals surface area contributed by atoms with Crippen LogP contribution in [0.3, 0.4) is 0 Å². The first-order valence-corrected chi connectivity index (χ1v) is 5.47. The van der Waals surface area contributed by atoms with Gasteiger partial charge in [0.1, 0.15) is 0 Å². The molecule has 0 aromatic rings. The summed E-state index contributed by atoms with van der Waals surface area (Å²) < 4.78 is 5.05. The summed E-state index contributed by atoms with van der Waals surface area (Å²) in [6.45, 7) is 5.46. The zero-order chi connectivity index (χ0) is 10.6. The molecule has 1 aliphatic carbocycles. The summed E-state index contributed by atoms with van der Waals surface area (Å²) in [6.07, 6.45) is 6.82. The molecule has 0 heterocycles. The van der Waals surface area contributed by atoms with Crippen molar-refractivity contribution in [3.63, 3.8) is 0 Å². The first-order chi connectivity index (χ1) is 6.53. The van der Waals surface area contributed by atoms with Crippen LogP contribution in [0.5, 0.6) is 0 Å². The molecule has 0 saturated carbocycles. The second-order valence-corrected chi connectivity index (χ2v) is 5.13. The maximum atomic E-state index is 6.00. The molecular weight excluding hydrogens is 174 g/mol. The molecule has 1 atom stereocenters. The van der Waals surface area contributed by atoms with Crippen LogP contribution in [0.2, 0.25) is 0 Å². The van der Waals surface area contributed by atoms with E-state index in [2.05, 4.69) is 19.9 Å². The SMILES string of the molecule is COCCCC1=CC(N)CC(C)(C)C1. The molecule has 0 bridgehead atoms. The Balaban J connectivity index is 2.43. The van der Waals surface area contributed by atoms with Crippen LogP contribution >= 0.6 is 0 Å². The fraction of sp³-hybridized carbons (Fsp3) is 0.833. The van der Waals surface area contributed by atoms with E-state index < -0.39 is 0 Å². The molecule has 0 aromatic carbocycles. The van der Waals surface area contributed by atoms with E-state index in [-0.39, 0.29) is 6.04 Å². The molecular formula is C12H23NO. The Kier molecular flexibility index (Phi) is 4.14. The molecule has 0 radical (unpaired) electrons. The van der Waals surface area contributed by atoms with Gasteiger partial charge in [0.2, 0.25) is 0 Å². The normalized spacial score (nSPS) is 26.0. The molecule has 2 nitrogen and oxygen atoms in total. The lowest BCUT2D eigenvalue weighted by atomic mass is 9.74. The molecule has 82 valence electrons. The molecule has 2 N–H and O–H groups in total. The Morgan fingerprint density at radius 3 is 2.86 bits per heavy atom. The van der Waals surface area contributed by atoms with Gasteiger partial charge in [0.25, 0.3) is 0 Å². The summed E-state index contributed by atoms with van der Waals surface area (Å²) in [6, 6.07) is 0.260. The highest BCUT2D eigenvalue weighted by atomic mass is 16.5. The van der Waals surface area contributed by atoms with Crippen molar-refractivity contribution in [1.82, 2.24) is 0 Å². The van der Waals surface area contributed by atoms with Gasteiger partial charge >= 0.3 is 0 Å². The van der Waals surface area contributed by atoms with Gasteiger partial charge in [0.05, 0.1) is 0 Å². The summed E-state index contributed by atoms with van der Waals surface area (Å²) in [4.78, 5) is 0. The predicted octanol–water partition coefficient (Wildman–Crippen LogP) is 2.49. The quantitative estimate of drug-likeness (QED) is 0.555. The molecule has 0 amide bonds. The number of rotatable bonds is 4. The van der Waals surface area contributed by atoms with Crippen molar-refractivity contribution in [2.45, 2.75) is 45.6 Å². The van der Waals surface area contributed by atoms with E-state index in [1.54, 1.807) is 7.11 Å². The average Bonchev–Trinajstić information content (AvgIpc) is 2.00. The number of ether oxygens (including phenoxy) is 1. The predicted molar refractivity (Wildman–Crippen MR) is 60.2 cm³/mol. The van der Waals surface area contributed by atoms with Crippen LogP contribution in [-0.4, -0.2) is 19.8 Å². The summed E-state index contributed by atoms with van der Waals surface area (Å²) in [5, 5.41) is 0. The number of nitrogens with two attached hydrogens (primary N) is 1. The summed E-state index contributed by atoms with van der Waals surface area (Å²) in [7, 11) is 1.75. The van der Waals surface area contributed by atoms with Gasteiger partial charge in [-0.25, -0.2) is 0 Å². The second kappa shape index (κ2) is 4.94. The summed E-state index contributed by atoms with van der Waals surface area (Å²) in [5.74, 6) is 0. The first-order valence-electron chi connectivity index (χ1n) is 5.47. The highest BCUT2D eigenvalue weighted by Gasteiger charge is 2.26. The van der Waals surface area contributed by atoms with Crippen molar-refractivity contribution in [3.8, 4) is 0 Å². The van der Waals surface area contributed by atoms with Crippen LogP contribution in [-0.2, 0) is 4.74 Å². The monoisotopic (exact) mass is 197 g/mol. The highest BCUT2D eigenvalue weighted by Crippen LogP contribution is 2.36. The number of allylic oxidation sites excluding steroid dienone is 1. The lowest BCUT2D eigenvalue weighted by Crippen LogP contribution is -2.31. The average molecular weight is 197 g/mol. The van der Waals surface area contributed by atoms with Crippen LogP contribution < -0.4 is 5.73 Å². The molecule has 1 unspecified atom stereocenters. The lowest BCUT2D eigenvalue weighted by Gasteiger charge is -2.33. The third kappa shape index (κ3) is 3.81. The van der Waals surface area contributed by atoms with Crippen LogP contribution in [0, 0.1) is 5.41 Å². The lowest BCUT2D eigenvalue weighted by molar-refractivity contribution is 0.193. The molecule has 0 saturated heterocycles. The van der Waals surface area contributed by atoms with E-state index >= 15 is 0 Å². The third-order valence-corrected chi connectivity index (χ3v) is 2.79. The minimum atomic E-state index is 0.260. The van der Waals surface area contributed by atoms with Crippen LogP contribution in [0.15, 0.2) is 11.6 Å². The maximum absolute atomic E-state index is 6.00. The zero-order valence-corrected chi connectivity index (χ0v) is 9.68. The fourth-order valence-corrected chi connectivity index (χ4v) is 2.36. The Morgan fingerprint density at radius 2 is 2.29 bits per heavy atom.